The molecular weight excluding hydrogens is 410 g/mol. The first-order valence-corrected chi connectivity index (χ1v) is 8.90. The highest BCUT2D eigenvalue weighted by Crippen LogP contribution is 2.35. The van der Waals surface area contributed by atoms with Gasteiger partial charge in [0.2, 0.25) is 0 Å². The Morgan fingerprint density at radius 2 is 1.86 bits per heavy atom. The fraction of sp³-hybridized carbons (Fsp3) is 0.118. The molecule has 1 atom stereocenters. The van der Waals surface area contributed by atoms with Gasteiger partial charge in [0.25, 0.3) is 11.6 Å². The van der Waals surface area contributed by atoms with Crippen LogP contribution in [0.4, 0.5) is 10.5 Å². The number of nitrogens with one attached hydrogen (secondary N) is 1. The van der Waals surface area contributed by atoms with E-state index in [0.29, 0.717) is 9.92 Å². The van der Waals surface area contributed by atoms with Crippen molar-refractivity contribution in [2.75, 3.05) is 0 Å². The first-order chi connectivity index (χ1) is 13.2. The molecule has 0 bridgehead atoms. The number of urea groups is 1. The van der Waals surface area contributed by atoms with Crippen LogP contribution in [0.25, 0.3) is 0 Å². The van der Waals surface area contributed by atoms with E-state index in [1.54, 1.807) is 29.6 Å². The lowest BCUT2D eigenvalue weighted by Crippen LogP contribution is -2.42. The van der Waals surface area contributed by atoms with Gasteiger partial charge in [0.15, 0.2) is 6.10 Å². The number of benzene rings is 2. The molecule has 2 rings (SSSR count). The topological polar surface area (TPSA) is 142 Å². The van der Waals surface area contributed by atoms with Gasteiger partial charge < -0.3 is 10.5 Å². The van der Waals surface area contributed by atoms with Crippen molar-refractivity contribution in [1.82, 2.24) is 5.32 Å². The highest BCUT2D eigenvalue weighted by molar-refractivity contribution is 7.99. The van der Waals surface area contributed by atoms with Crippen molar-refractivity contribution in [3.8, 4) is 0 Å². The van der Waals surface area contributed by atoms with E-state index in [2.05, 4.69) is 0 Å². The molecule has 2 aromatic rings. The molecule has 11 heteroatoms. The zero-order chi connectivity index (χ0) is 20.8. The summed E-state index contributed by atoms with van der Waals surface area (Å²) in [5, 5.41) is 13.7. The van der Waals surface area contributed by atoms with Crippen LogP contribution in [-0.4, -0.2) is 28.9 Å². The lowest BCUT2D eigenvalue weighted by molar-refractivity contribution is -0.387. The van der Waals surface area contributed by atoms with Crippen molar-refractivity contribution in [3.63, 3.8) is 0 Å². The van der Waals surface area contributed by atoms with Crippen molar-refractivity contribution < 1.29 is 24.0 Å². The molecule has 0 aliphatic rings. The number of nitro groups is 1. The molecule has 0 aromatic heterocycles. The molecule has 0 aliphatic carbocycles. The van der Waals surface area contributed by atoms with Crippen molar-refractivity contribution in [2.45, 2.75) is 22.8 Å². The van der Waals surface area contributed by atoms with E-state index >= 15 is 0 Å². The van der Waals surface area contributed by atoms with Crippen molar-refractivity contribution in [1.29, 1.82) is 0 Å². The van der Waals surface area contributed by atoms with Gasteiger partial charge in [-0.05, 0) is 43.3 Å². The number of primary amides is 1. The number of nitrogens with two attached hydrogens (primary N) is 1. The third-order valence-corrected chi connectivity index (χ3v) is 4.66. The Hall–Kier alpha value is -3.11. The Morgan fingerprint density at radius 1 is 1.21 bits per heavy atom. The Labute approximate surface area is 168 Å². The number of amides is 3. The van der Waals surface area contributed by atoms with E-state index in [1.165, 1.54) is 19.1 Å². The predicted molar refractivity (Wildman–Crippen MR) is 101 cm³/mol. The molecule has 0 spiro atoms. The molecule has 3 amide bonds. The smallest absolute Gasteiger partial charge is 0.339 e. The van der Waals surface area contributed by atoms with Gasteiger partial charge in [-0.2, -0.15) is 0 Å². The highest BCUT2D eigenvalue weighted by Gasteiger charge is 2.23. The zero-order valence-corrected chi connectivity index (χ0v) is 16.0. The SMILES string of the molecule is CC(OC(=O)c1ccc(Sc2ccc(Cl)cc2)c([N+](=O)[O-])c1)C(=O)NC(N)=O. The molecule has 0 fully saturated rings. The number of halogens is 1. The number of esters is 1. The summed E-state index contributed by atoms with van der Waals surface area (Å²) < 4.78 is 4.90. The van der Waals surface area contributed by atoms with Gasteiger partial charge >= 0.3 is 12.0 Å². The fourth-order valence-corrected chi connectivity index (χ4v) is 3.03. The molecule has 1 unspecified atom stereocenters. The second-order valence-corrected chi connectivity index (χ2v) is 6.95. The van der Waals surface area contributed by atoms with Gasteiger partial charge in [0.1, 0.15) is 0 Å². The van der Waals surface area contributed by atoms with Crippen LogP contribution >= 0.6 is 23.4 Å². The second kappa shape index (κ2) is 9.20. The van der Waals surface area contributed by atoms with E-state index in [0.717, 1.165) is 22.7 Å². The largest absolute Gasteiger partial charge is 0.449 e. The summed E-state index contributed by atoms with van der Waals surface area (Å²) in [7, 11) is 0. The number of carbonyl (C=O) groups is 3. The quantitative estimate of drug-likeness (QED) is 0.412. The first-order valence-electron chi connectivity index (χ1n) is 7.70. The van der Waals surface area contributed by atoms with Crippen LogP contribution in [0.3, 0.4) is 0 Å². The predicted octanol–water partition coefficient (Wildman–Crippen LogP) is 3.14. The van der Waals surface area contributed by atoms with E-state index in [1.807, 2.05) is 0 Å². The lowest BCUT2D eigenvalue weighted by Gasteiger charge is -2.12. The van der Waals surface area contributed by atoms with Crippen LogP contribution in [0.5, 0.6) is 0 Å². The number of rotatable bonds is 6. The van der Waals surface area contributed by atoms with Crippen molar-refractivity contribution in [2.24, 2.45) is 5.73 Å². The maximum absolute atomic E-state index is 12.2. The summed E-state index contributed by atoms with van der Waals surface area (Å²) in [5.41, 5.74) is 4.40. The van der Waals surface area contributed by atoms with Crippen LogP contribution in [0.15, 0.2) is 52.3 Å². The molecule has 2 aromatic carbocycles. The minimum Gasteiger partial charge on any atom is -0.449 e. The average Bonchev–Trinajstić information content (AvgIpc) is 2.63. The van der Waals surface area contributed by atoms with Crippen LogP contribution in [0, 0.1) is 10.1 Å². The van der Waals surface area contributed by atoms with Crippen LogP contribution in [-0.2, 0) is 9.53 Å². The van der Waals surface area contributed by atoms with Gasteiger partial charge in [-0.15, -0.1) is 0 Å². The summed E-state index contributed by atoms with van der Waals surface area (Å²) in [6.07, 6.45) is -1.32. The molecule has 0 saturated carbocycles. The standard InChI is InChI=1S/C17H14ClN3O6S/c1-9(15(22)20-17(19)24)27-16(23)10-2-7-14(13(8-10)21(25)26)28-12-5-3-11(18)4-6-12/h2-9H,1H3,(H3,19,20,22,24). The summed E-state index contributed by atoms with van der Waals surface area (Å²) >= 11 is 6.95. The van der Waals surface area contributed by atoms with Gasteiger partial charge in [0.05, 0.1) is 15.4 Å². The Kier molecular flexibility index (Phi) is 6.96. The fourth-order valence-electron chi connectivity index (χ4n) is 2.01. The Morgan fingerprint density at radius 3 is 2.43 bits per heavy atom. The third-order valence-electron chi connectivity index (χ3n) is 3.33. The molecule has 0 saturated heterocycles. The van der Waals surface area contributed by atoms with Gasteiger partial charge in [-0.1, -0.05) is 23.4 Å². The Balaban J connectivity index is 2.20. The highest BCUT2D eigenvalue weighted by atomic mass is 35.5. The minimum absolute atomic E-state index is 0.120. The van der Waals surface area contributed by atoms with E-state index in [4.69, 9.17) is 22.1 Å². The van der Waals surface area contributed by atoms with Crippen molar-refractivity contribution >= 4 is 47.0 Å². The number of hydrogen-bond donors (Lipinski definition) is 2. The maximum atomic E-state index is 12.2. The molecule has 9 nitrogen and oxygen atoms in total. The number of imide groups is 1. The third kappa shape index (κ3) is 5.69. The van der Waals surface area contributed by atoms with E-state index in [-0.39, 0.29) is 11.3 Å². The number of nitro benzene ring substituents is 1. The van der Waals surface area contributed by atoms with Crippen LogP contribution < -0.4 is 11.1 Å². The van der Waals surface area contributed by atoms with Crippen molar-refractivity contribution in [3.05, 3.63) is 63.2 Å². The maximum Gasteiger partial charge on any atom is 0.339 e. The average molecular weight is 424 g/mol. The summed E-state index contributed by atoms with van der Waals surface area (Å²) in [4.78, 5) is 46.2. The number of nitrogens with zero attached hydrogens (tertiary/aromatic N) is 1. The monoisotopic (exact) mass is 423 g/mol. The molecular formula is C17H14ClN3O6S. The van der Waals surface area contributed by atoms with Gasteiger partial charge in [-0.25, -0.2) is 9.59 Å². The van der Waals surface area contributed by atoms with Crippen LogP contribution in [0.2, 0.25) is 5.02 Å². The second-order valence-electron chi connectivity index (χ2n) is 5.40. The number of ether oxygens (including phenoxy) is 1. The molecule has 3 N–H and O–H groups in total. The van der Waals surface area contributed by atoms with E-state index < -0.39 is 28.9 Å². The molecule has 146 valence electrons. The first kappa shape index (κ1) is 21.2. The van der Waals surface area contributed by atoms with Crippen LogP contribution in [0.1, 0.15) is 17.3 Å². The molecule has 28 heavy (non-hydrogen) atoms. The summed E-state index contributed by atoms with van der Waals surface area (Å²) in [6, 6.07) is 9.43. The summed E-state index contributed by atoms with van der Waals surface area (Å²) in [5.74, 6) is -1.87. The zero-order valence-electron chi connectivity index (χ0n) is 14.4. The van der Waals surface area contributed by atoms with E-state index in [9.17, 15) is 24.5 Å². The summed E-state index contributed by atoms with van der Waals surface area (Å²) in [6.45, 7) is 1.23. The lowest BCUT2D eigenvalue weighted by atomic mass is 10.2. The minimum atomic E-state index is -1.32. The number of hydrogen-bond acceptors (Lipinski definition) is 7. The van der Waals surface area contributed by atoms with Gasteiger partial charge in [-0.3, -0.25) is 20.2 Å². The number of carbonyl (C=O) groups excluding carboxylic acids is 3. The molecule has 0 aliphatic heterocycles. The normalized spacial score (nSPS) is 11.4. The Bertz CT molecular complexity index is 935. The molecule has 0 heterocycles. The van der Waals surface area contributed by atoms with Gasteiger partial charge in [0, 0.05) is 16.0 Å². The molecule has 0 radical (unpaired) electrons.